The highest BCUT2D eigenvalue weighted by Crippen LogP contribution is 2.20. The van der Waals surface area contributed by atoms with Crippen LogP contribution in [0.3, 0.4) is 0 Å². The molecule has 3 rings (SSSR count). The molecule has 0 unspecified atom stereocenters. The van der Waals surface area contributed by atoms with Gasteiger partial charge in [0.05, 0.1) is 11.6 Å². The third-order valence-corrected chi connectivity index (χ3v) is 5.93. The second-order valence-corrected chi connectivity index (χ2v) is 8.98. The molecule has 3 N–H and O–H groups in total. The average Bonchev–Trinajstić information content (AvgIpc) is 3.24. The molecule has 2 amide bonds. The van der Waals surface area contributed by atoms with Gasteiger partial charge in [-0.25, -0.2) is 9.37 Å². The van der Waals surface area contributed by atoms with Gasteiger partial charge in [0.15, 0.2) is 5.82 Å². The highest BCUT2D eigenvalue weighted by atomic mass is 19.1. The van der Waals surface area contributed by atoms with Crippen molar-refractivity contribution in [3.8, 4) is 0 Å². The Labute approximate surface area is 194 Å². The Morgan fingerprint density at radius 2 is 1.97 bits per heavy atom. The summed E-state index contributed by atoms with van der Waals surface area (Å²) >= 11 is 0. The van der Waals surface area contributed by atoms with Crippen LogP contribution in [0.25, 0.3) is 11.0 Å². The number of nitrogens with zero attached hydrogens (tertiary/aromatic N) is 3. The van der Waals surface area contributed by atoms with Crippen molar-refractivity contribution < 1.29 is 14.0 Å². The number of H-pyrrole nitrogens is 1. The third-order valence-electron chi connectivity index (χ3n) is 5.93. The molecule has 0 radical (unpaired) electrons. The molecular formula is C24H35FN6O2. The molecule has 2 atom stereocenters. The predicted octanol–water partition coefficient (Wildman–Crippen LogP) is 2.71. The van der Waals surface area contributed by atoms with Gasteiger partial charge < -0.3 is 25.4 Å². The zero-order valence-electron chi connectivity index (χ0n) is 19.8. The fourth-order valence-corrected chi connectivity index (χ4v) is 3.98. The number of amides is 2. The molecule has 0 bridgehead atoms. The van der Waals surface area contributed by atoms with Gasteiger partial charge in [0.25, 0.3) is 0 Å². The van der Waals surface area contributed by atoms with E-state index in [-0.39, 0.29) is 17.3 Å². The minimum Gasteiger partial charge on any atom is -0.375 e. The van der Waals surface area contributed by atoms with E-state index in [0.717, 1.165) is 31.6 Å². The Hall–Kier alpha value is -2.94. The number of carbonyl (C=O) groups excluding carboxylic acids is 2. The molecule has 1 aliphatic heterocycles. The first-order valence-corrected chi connectivity index (χ1v) is 11.6. The number of aromatic amines is 1. The monoisotopic (exact) mass is 458 g/mol. The van der Waals surface area contributed by atoms with Crippen LogP contribution in [0.15, 0.2) is 30.5 Å². The first kappa shape index (κ1) is 24.7. The molecule has 1 aliphatic rings. The number of fused-ring (bicyclic) bond motifs is 1. The summed E-state index contributed by atoms with van der Waals surface area (Å²) in [5.74, 6) is -0.470. The Morgan fingerprint density at radius 3 is 2.64 bits per heavy atom. The highest BCUT2D eigenvalue weighted by molar-refractivity contribution is 5.88. The first-order chi connectivity index (χ1) is 15.7. The second-order valence-electron chi connectivity index (χ2n) is 8.98. The van der Waals surface area contributed by atoms with Crippen LogP contribution in [-0.2, 0) is 9.59 Å². The largest absolute Gasteiger partial charge is 0.375 e. The molecule has 8 nitrogen and oxygen atoms in total. The Balaban J connectivity index is 1.69. The number of imidazole rings is 1. The molecule has 0 saturated carbocycles. The smallest absolute Gasteiger partial charge is 0.243 e. The zero-order chi connectivity index (χ0) is 24.0. The maximum atomic E-state index is 14.0. The standard InChI is InChI=1S/C24H35FN6O2/c1-16(31-12-6-5-7-13-31)15-20(27-21(32)11-14-30(3)4)24(33)26-17(2)23-28-19-10-8-9-18(25)22(19)29-23/h8-10,17,20H,1,5-7,11-15H2,2-4H3,(H,26,33)(H,27,32)(H,28,29)/t17-,20-/m0/s1. The number of piperidine rings is 1. The van der Waals surface area contributed by atoms with Crippen molar-refractivity contribution in [1.82, 2.24) is 30.4 Å². The van der Waals surface area contributed by atoms with Crippen molar-refractivity contribution in [2.24, 2.45) is 0 Å². The number of halogens is 1. The van der Waals surface area contributed by atoms with Crippen molar-refractivity contribution in [1.29, 1.82) is 0 Å². The van der Waals surface area contributed by atoms with Gasteiger partial charge in [-0.3, -0.25) is 9.59 Å². The molecule has 1 aromatic carbocycles. The normalized spacial score (nSPS) is 16.0. The predicted molar refractivity (Wildman–Crippen MR) is 127 cm³/mol. The van der Waals surface area contributed by atoms with Gasteiger partial charge in [0.1, 0.15) is 17.4 Å². The summed E-state index contributed by atoms with van der Waals surface area (Å²) in [5, 5.41) is 5.79. The lowest BCUT2D eigenvalue weighted by molar-refractivity contribution is -0.129. The van der Waals surface area contributed by atoms with Gasteiger partial charge in [-0.1, -0.05) is 12.6 Å². The fraction of sp³-hybridized carbons (Fsp3) is 0.542. The number of rotatable bonds is 10. The van der Waals surface area contributed by atoms with Gasteiger partial charge in [-0.15, -0.1) is 0 Å². The number of hydrogen-bond donors (Lipinski definition) is 3. The molecule has 180 valence electrons. The molecule has 1 fully saturated rings. The SMILES string of the molecule is C=C(C[C@H](NC(=O)CCN(C)C)C(=O)N[C@@H](C)c1nc2c(F)cccc2[nH]1)N1CCCCC1. The van der Waals surface area contributed by atoms with E-state index in [4.69, 9.17) is 0 Å². The minimum absolute atomic E-state index is 0.186. The van der Waals surface area contributed by atoms with E-state index in [1.807, 2.05) is 19.0 Å². The first-order valence-electron chi connectivity index (χ1n) is 11.6. The van der Waals surface area contributed by atoms with Crippen LogP contribution in [0.2, 0.25) is 0 Å². The molecule has 1 aromatic heterocycles. The molecule has 2 heterocycles. The maximum Gasteiger partial charge on any atom is 0.243 e. The average molecular weight is 459 g/mol. The maximum absolute atomic E-state index is 14.0. The number of nitrogens with one attached hydrogen (secondary N) is 3. The van der Waals surface area contributed by atoms with Gasteiger partial charge in [-0.05, 0) is 52.4 Å². The summed E-state index contributed by atoms with van der Waals surface area (Å²) in [6, 6.07) is 3.45. The molecule has 1 saturated heterocycles. The number of aromatic nitrogens is 2. The topological polar surface area (TPSA) is 93.4 Å². The molecule has 0 spiro atoms. The summed E-state index contributed by atoms with van der Waals surface area (Å²) in [7, 11) is 3.79. The summed E-state index contributed by atoms with van der Waals surface area (Å²) in [6.45, 7) is 8.39. The van der Waals surface area contributed by atoms with E-state index < -0.39 is 17.9 Å². The van der Waals surface area contributed by atoms with Crippen LogP contribution >= 0.6 is 0 Å². The van der Waals surface area contributed by atoms with E-state index in [1.165, 1.54) is 12.5 Å². The minimum atomic E-state index is -0.752. The van der Waals surface area contributed by atoms with Crippen LogP contribution in [0.5, 0.6) is 0 Å². The number of likely N-dealkylation sites (tertiary alicyclic amines) is 1. The van der Waals surface area contributed by atoms with Gasteiger partial charge in [0, 0.05) is 38.2 Å². The fourth-order valence-electron chi connectivity index (χ4n) is 3.98. The van der Waals surface area contributed by atoms with E-state index in [9.17, 15) is 14.0 Å². The number of carbonyl (C=O) groups is 2. The summed E-state index contributed by atoms with van der Waals surface area (Å²) < 4.78 is 14.0. The molecular weight excluding hydrogens is 423 g/mol. The lowest BCUT2D eigenvalue weighted by atomic mass is 10.1. The summed E-state index contributed by atoms with van der Waals surface area (Å²) in [5.41, 5.74) is 1.65. The highest BCUT2D eigenvalue weighted by Gasteiger charge is 2.26. The number of benzene rings is 1. The number of hydrogen-bond acceptors (Lipinski definition) is 5. The van der Waals surface area contributed by atoms with Crippen LogP contribution < -0.4 is 10.6 Å². The molecule has 0 aliphatic carbocycles. The van der Waals surface area contributed by atoms with Gasteiger partial charge in [0.2, 0.25) is 11.8 Å². The van der Waals surface area contributed by atoms with Gasteiger partial charge in [-0.2, -0.15) is 0 Å². The van der Waals surface area contributed by atoms with Crippen LogP contribution in [0, 0.1) is 5.82 Å². The van der Waals surface area contributed by atoms with Crippen LogP contribution in [-0.4, -0.2) is 71.4 Å². The molecule has 33 heavy (non-hydrogen) atoms. The number of para-hydroxylation sites is 1. The Morgan fingerprint density at radius 1 is 1.24 bits per heavy atom. The van der Waals surface area contributed by atoms with E-state index in [1.54, 1.807) is 19.1 Å². The van der Waals surface area contributed by atoms with Crippen molar-refractivity contribution in [2.75, 3.05) is 33.7 Å². The van der Waals surface area contributed by atoms with Crippen molar-refractivity contribution in [3.63, 3.8) is 0 Å². The lowest BCUT2D eigenvalue weighted by Gasteiger charge is -2.32. The van der Waals surface area contributed by atoms with Crippen molar-refractivity contribution in [3.05, 3.63) is 42.1 Å². The van der Waals surface area contributed by atoms with E-state index >= 15 is 0 Å². The quantitative estimate of drug-likeness (QED) is 0.509. The van der Waals surface area contributed by atoms with Gasteiger partial charge >= 0.3 is 0 Å². The molecule has 9 heteroatoms. The van der Waals surface area contributed by atoms with Crippen LogP contribution in [0.1, 0.15) is 50.9 Å². The molecule has 2 aromatic rings. The van der Waals surface area contributed by atoms with Crippen LogP contribution in [0.4, 0.5) is 4.39 Å². The van der Waals surface area contributed by atoms with E-state index in [0.29, 0.717) is 30.7 Å². The summed E-state index contributed by atoms with van der Waals surface area (Å²) in [6.07, 6.45) is 4.03. The van der Waals surface area contributed by atoms with E-state index in [2.05, 4.69) is 32.1 Å². The Kier molecular flexibility index (Phi) is 8.43. The lowest BCUT2D eigenvalue weighted by Crippen LogP contribution is -2.49. The Bertz CT molecular complexity index is 982. The summed E-state index contributed by atoms with van der Waals surface area (Å²) in [4.78, 5) is 37.2. The third kappa shape index (κ3) is 6.77. The zero-order valence-corrected chi connectivity index (χ0v) is 19.8. The second kappa shape index (κ2) is 11.3. The van der Waals surface area contributed by atoms with Crippen molar-refractivity contribution in [2.45, 2.75) is 51.1 Å². The van der Waals surface area contributed by atoms with Crippen molar-refractivity contribution >= 4 is 22.8 Å².